The highest BCUT2D eigenvalue weighted by Gasteiger charge is 2.24. The van der Waals surface area contributed by atoms with Crippen LogP contribution < -0.4 is 4.74 Å². The zero-order valence-electron chi connectivity index (χ0n) is 17.1. The number of benzene rings is 1. The Labute approximate surface area is 180 Å². The number of Topliss-reactive ketones (excluding diaryl/α,β-unsaturated/α-hetero) is 1. The number of nitrogens with zero attached hydrogens (tertiary/aromatic N) is 5. The molecule has 0 fully saturated rings. The largest absolute Gasteiger partial charge is 0.463 e. The van der Waals surface area contributed by atoms with E-state index >= 15 is 0 Å². The Morgan fingerprint density at radius 3 is 2.65 bits per heavy atom. The Bertz CT molecular complexity index is 1210. The number of rotatable bonds is 4. The molecule has 0 bridgehead atoms. The van der Waals surface area contributed by atoms with E-state index in [0.717, 1.165) is 41.2 Å². The van der Waals surface area contributed by atoms with Gasteiger partial charge in [0.05, 0.1) is 6.54 Å². The van der Waals surface area contributed by atoms with E-state index in [-0.39, 0.29) is 5.78 Å². The minimum Gasteiger partial charge on any atom is -0.463 e. The first-order valence-electron chi connectivity index (χ1n) is 10.1. The third-order valence-electron chi connectivity index (χ3n) is 5.28. The average molecular weight is 411 g/mol. The lowest BCUT2D eigenvalue weighted by Crippen LogP contribution is -2.41. The summed E-state index contributed by atoms with van der Waals surface area (Å²) in [6, 6.07) is 11.6. The predicted octanol–water partition coefficient (Wildman–Crippen LogP) is 3.61. The molecule has 0 unspecified atom stereocenters. The summed E-state index contributed by atoms with van der Waals surface area (Å²) in [4.78, 5) is 22.9. The van der Waals surface area contributed by atoms with Crippen molar-refractivity contribution in [2.24, 2.45) is 12.0 Å². The molecule has 0 saturated carbocycles. The fourth-order valence-corrected chi connectivity index (χ4v) is 3.70. The third-order valence-corrected chi connectivity index (χ3v) is 5.28. The van der Waals surface area contributed by atoms with Crippen LogP contribution in [0.25, 0.3) is 22.4 Å². The van der Waals surface area contributed by atoms with E-state index in [1.165, 1.54) is 6.26 Å². The molecule has 0 N–H and O–H groups in total. The number of aliphatic imine (C=N–C) groups is 1. The molecular weight excluding hydrogens is 390 g/mol. The standard InChI is InChI=1S/C24H21N5O2/c1-28-14-20(17-9-11-25-12-10-17)24(27-28)18-5-7-19(8-6-18)31-16-21-22(30)15-29-13-3-2-4-23(29)26-21/h2-3,5-12,14,16H,4,13,15H2,1H3. The number of ether oxygens (including phenoxy) is 1. The number of ketones is 1. The van der Waals surface area contributed by atoms with E-state index in [4.69, 9.17) is 4.74 Å². The van der Waals surface area contributed by atoms with Crippen LogP contribution in [0.2, 0.25) is 0 Å². The van der Waals surface area contributed by atoms with Crippen LogP contribution >= 0.6 is 0 Å². The van der Waals surface area contributed by atoms with Gasteiger partial charge in [-0.05, 0) is 42.0 Å². The van der Waals surface area contributed by atoms with E-state index in [1.807, 2.05) is 54.5 Å². The van der Waals surface area contributed by atoms with Crippen molar-refractivity contribution in [3.63, 3.8) is 0 Å². The smallest absolute Gasteiger partial charge is 0.203 e. The summed E-state index contributed by atoms with van der Waals surface area (Å²) in [6.45, 7) is 1.07. The normalized spacial score (nSPS) is 16.9. The van der Waals surface area contributed by atoms with Gasteiger partial charge in [0.1, 0.15) is 29.2 Å². The van der Waals surface area contributed by atoms with Gasteiger partial charge in [0.15, 0.2) is 0 Å². The number of aromatic nitrogens is 3. The fraction of sp³-hybridized carbons (Fsp3) is 0.167. The molecule has 1 aromatic carbocycles. The SMILES string of the molecule is Cn1cc(-c2ccncc2)c(-c2ccc(OC=C3N=C4CC=CCN4CC3=O)cc2)n1. The van der Waals surface area contributed by atoms with Gasteiger partial charge in [0, 0.05) is 49.7 Å². The van der Waals surface area contributed by atoms with Crippen LogP contribution in [0.5, 0.6) is 5.75 Å². The molecule has 31 heavy (non-hydrogen) atoms. The number of hydrogen-bond donors (Lipinski definition) is 0. The Morgan fingerprint density at radius 1 is 1.03 bits per heavy atom. The quantitative estimate of drug-likeness (QED) is 0.373. The maximum Gasteiger partial charge on any atom is 0.203 e. The third kappa shape index (κ3) is 3.90. The summed E-state index contributed by atoms with van der Waals surface area (Å²) < 4.78 is 7.55. The van der Waals surface area contributed by atoms with Gasteiger partial charge < -0.3 is 9.64 Å². The van der Waals surface area contributed by atoms with Gasteiger partial charge in [-0.1, -0.05) is 12.2 Å². The van der Waals surface area contributed by atoms with E-state index < -0.39 is 0 Å². The fourth-order valence-electron chi connectivity index (χ4n) is 3.70. The second-order valence-corrected chi connectivity index (χ2v) is 7.45. The van der Waals surface area contributed by atoms with Crippen LogP contribution in [-0.2, 0) is 11.8 Å². The molecule has 154 valence electrons. The molecule has 0 radical (unpaired) electrons. The van der Waals surface area contributed by atoms with Crippen LogP contribution in [0.1, 0.15) is 6.42 Å². The molecule has 3 aromatic rings. The summed E-state index contributed by atoms with van der Waals surface area (Å²) >= 11 is 0. The van der Waals surface area contributed by atoms with Gasteiger partial charge in [-0.3, -0.25) is 14.5 Å². The number of amidine groups is 1. The first kappa shape index (κ1) is 19.0. The van der Waals surface area contributed by atoms with Crippen LogP contribution in [0.15, 0.2) is 84.1 Å². The van der Waals surface area contributed by atoms with Crippen molar-refractivity contribution >= 4 is 11.6 Å². The number of carbonyl (C=O) groups is 1. The molecule has 0 atom stereocenters. The van der Waals surface area contributed by atoms with Gasteiger partial charge in [0.2, 0.25) is 5.78 Å². The molecule has 0 amide bonds. The molecule has 7 nitrogen and oxygen atoms in total. The van der Waals surface area contributed by atoms with Gasteiger partial charge in [0.25, 0.3) is 0 Å². The first-order valence-corrected chi connectivity index (χ1v) is 10.1. The Balaban J connectivity index is 1.37. The summed E-state index contributed by atoms with van der Waals surface area (Å²) in [5.74, 6) is 1.51. The molecule has 0 saturated heterocycles. The van der Waals surface area contributed by atoms with Gasteiger partial charge >= 0.3 is 0 Å². The van der Waals surface area contributed by atoms with Crippen LogP contribution in [0.3, 0.4) is 0 Å². The lowest BCUT2D eigenvalue weighted by Gasteiger charge is -2.29. The highest BCUT2D eigenvalue weighted by atomic mass is 16.5. The summed E-state index contributed by atoms with van der Waals surface area (Å²) in [6.07, 6.45) is 11.9. The second kappa shape index (κ2) is 8.02. The van der Waals surface area contributed by atoms with E-state index in [1.54, 1.807) is 17.1 Å². The number of fused-ring (bicyclic) bond motifs is 1. The zero-order valence-corrected chi connectivity index (χ0v) is 17.1. The molecule has 4 heterocycles. The van der Waals surface area contributed by atoms with Crippen LogP contribution in [-0.4, -0.2) is 44.4 Å². The second-order valence-electron chi connectivity index (χ2n) is 7.45. The van der Waals surface area contributed by atoms with E-state index in [0.29, 0.717) is 18.0 Å². The molecule has 5 rings (SSSR count). The Morgan fingerprint density at radius 2 is 1.84 bits per heavy atom. The molecule has 0 aliphatic carbocycles. The number of aryl methyl sites for hydroxylation is 1. The van der Waals surface area contributed by atoms with Gasteiger partial charge in [-0.15, -0.1) is 0 Å². The molecular formula is C24H21N5O2. The zero-order chi connectivity index (χ0) is 21.2. The van der Waals surface area contributed by atoms with Crippen molar-refractivity contribution in [2.75, 3.05) is 13.1 Å². The average Bonchev–Trinajstić information content (AvgIpc) is 3.20. The minimum absolute atomic E-state index is 0.0360. The monoisotopic (exact) mass is 411 g/mol. The minimum atomic E-state index is -0.0360. The van der Waals surface area contributed by atoms with Crippen molar-refractivity contribution in [1.82, 2.24) is 19.7 Å². The van der Waals surface area contributed by atoms with Crippen molar-refractivity contribution in [3.8, 4) is 28.1 Å². The number of pyridine rings is 1. The Kier molecular flexibility index (Phi) is 4.92. The maximum absolute atomic E-state index is 12.3. The predicted molar refractivity (Wildman–Crippen MR) is 118 cm³/mol. The Hall–Kier alpha value is -4.00. The number of hydrogen-bond acceptors (Lipinski definition) is 6. The summed E-state index contributed by atoms with van der Waals surface area (Å²) in [5.41, 5.74) is 4.32. The van der Waals surface area contributed by atoms with E-state index in [9.17, 15) is 4.79 Å². The summed E-state index contributed by atoms with van der Waals surface area (Å²) in [5, 5.41) is 4.63. The van der Waals surface area contributed by atoms with E-state index in [2.05, 4.69) is 27.2 Å². The molecule has 2 aliphatic rings. The topological polar surface area (TPSA) is 72.6 Å². The molecule has 7 heteroatoms. The van der Waals surface area contributed by atoms with Crippen molar-refractivity contribution in [3.05, 3.63) is 79.1 Å². The lowest BCUT2D eigenvalue weighted by molar-refractivity contribution is -0.116. The highest BCUT2D eigenvalue weighted by molar-refractivity contribution is 6.05. The molecule has 2 aromatic heterocycles. The lowest BCUT2D eigenvalue weighted by atomic mass is 10.0. The van der Waals surface area contributed by atoms with Gasteiger partial charge in [-0.2, -0.15) is 5.10 Å². The first-order chi connectivity index (χ1) is 15.2. The van der Waals surface area contributed by atoms with Crippen molar-refractivity contribution < 1.29 is 9.53 Å². The molecule has 2 aliphatic heterocycles. The van der Waals surface area contributed by atoms with Crippen LogP contribution in [0.4, 0.5) is 0 Å². The molecule has 0 spiro atoms. The maximum atomic E-state index is 12.3. The van der Waals surface area contributed by atoms with Crippen molar-refractivity contribution in [2.45, 2.75) is 6.42 Å². The van der Waals surface area contributed by atoms with Gasteiger partial charge in [-0.25, -0.2) is 4.99 Å². The van der Waals surface area contributed by atoms with Crippen molar-refractivity contribution in [1.29, 1.82) is 0 Å². The number of carbonyl (C=O) groups excluding carboxylic acids is 1. The highest BCUT2D eigenvalue weighted by Crippen LogP contribution is 2.31. The summed E-state index contributed by atoms with van der Waals surface area (Å²) in [7, 11) is 1.91. The van der Waals surface area contributed by atoms with Crippen LogP contribution in [0, 0.1) is 0 Å².